The molecule has 3 N–H and O–H groups in total. The molecule has 244 valence electrons. The Morgan fingerprint density at radius 1 is 0.956 bits per heavy atom. The van der Waals surface area contributed by atoms with Gasteiger partial charge in [-0.3, -0.25) is 14.4 Å². The van der Waals surface area contributed by atoms with Crippen LogP contribution < -0.4 is 16.0 Å². The average Bonchev–Trinajstić information content (AvgIpc) is 3.06. The zero-order valence-corrected chi connectivity index (χ0v) is 28.1. The number of nitrogens with zero attached hydrogens (tertiary/aromatic N) is 2. The molecule has 2 aromatic rings. The molecular weight excluding hydrogens is 562 g/mol. The summed E-state index contributed by atoms with van der Waals surface area (Å²) < 4.78 is 0. The van der Waals surface area contributed by atoms with Gasteiger partial charge in [0.2, 0.25) is 5.91 Å². The number of carbonyl (C=O) groups is 3. The number of amides is 3. The molecule has 2 aromatic carbocycles. The maximum absolute atomic E-state index is 14.0. The molecule has 3 rings (SSSR count). The Morgan fingerprint density at radius 2 is 1.64 bits per heavy atom. The van der Waals surface area contributed by atoms with Gasteiger partial charge >= 0.3 is 0 Å². The van der Waals surface area contributed by atoms with Gasteiger partial charge in [0, 0.05) is 43.3 Å². The van der Waals surface area contributed by atoms with Gasteiger partial charge in [0.15, 0.2) is 0 Å². The van der Waals surface area contributed by atoms with Crippen LogP contribution in [0.4, 0.5) is 0 Å². The Kier molecular flexibility index (Phi) is 14.1. The van der Waals surface area contributed by atoms with Crippen LogP contribution in [-0.2, 0) is 4.79 Å². The summed E-state index contributed by atoms with van der Waals surface area (Å²) in [7, 11) is 1.78. The van der Waals surface area contributed by atoms with E-state index >= 15 is 0 Å². The minimum Gasteiger partial charge on any atom is -0.354 e. The Bertz CT molecular complexity index is 1330. The summed E-state index contributed by atoms with van der Waals surface area (Å²) in [6, 6.07) is 14.2. The number of benzene rings is 2. The number of hydrogen-bond acceptors (Lipinski definition) is 5. The lowest BCUT2D eigenvalue weighted by Gasteiger charge is -2.29. The molecule has 0 spiro atoms. The third-order valence-electron chi connectivity index (χ3n) is 9.07. The minimum atomic E-state index is -0.347. The van der Waals surface area contributed by atoms with Gasteiger partial charge in [0.1, 0.15) is 0 Å². The lowest BCUT2D eigenvalue weighted by atomic mass is 9.84. The van der Waals surface area contributed by atoms with Gasteiger partial charge in [-0.05, 0) is 73.4 Å². The van der Waals surface area contributed by atoms with Crippen LogP contribution >= 0.6 is 0 Å². The molecule has 45 heavy (non-hydrogen) atoms. The Hall–Kier alpha value is -3.70. The normalized spacial score (nSPS) is 15.5. The van der Waals surface area contributed by atoms with Crippen molar-refractivity contribution in [2.75, 3.05) is 20.1 Å². The maximum atomic E-state index is 14.0. The lowest BCUT2D eigenvalue weighted by molar-refractivity contribution is -0.123. The quantitative estimate of drug-likeness (QED) is 0.217. The summed E-state index contributed by atoms with van der Waals surface area (Å²) in [5, 5.41) is 19.5. The first-order chi connectivity index (χ1) is 21.6. The molecule has 1 aliphatic rings. The van der Waals surface area contributed by atoms with Crippen molar-refractivity contribution in [2.45, 2.75) is 104 Å². The van der Waals surface area contributed by atoms with Crippen molar-refractivity contribution in [3.05, 3.63) is 59.2 Å². The van der Waals surface area contributed by atoms with Gasteiger partial charge in [-0.1, -0.05) is 78.0 Å². The van der Waals surface area contributed by atoms with Gasteiger partial charge in [0.05, 0.1) is 17.7 Å². The molecule has 3 atom stereocenters. The second-order valence-electron chi connectivity index (χ2n) is 13.0. The van der Waals surface area contributed by atoms with Crippen molar-refractivity contribution in [1.29, 1.82) is 5.26 Å². The van der Waals surface area contributed by atoms with E-state index in [2.05, 4.69) is 35.9 Å². The van der Waals surface area contributed by atoms with E-state index in [0.29, 0.717) is 59.2 Å². The van der Waals surface area contributed by atoms with Crippen molar-refractivity contribution in [1.82, 2.24) is 20.9 Å². The van der Waals surface area contributed by atoms with Crippen molar-refractivity contribution < 1.29 is 14.4 Å². The molecule has 3 amide bonds. The van der Waals surface area contributed by atoms with E-state index in [9.17, 15) is 19.6 Å². The van der Waals surface area contributed by atoms with Crippen LogP contribution in [0.3, 0.4) is 0 Å². The molecule has 0 bridgehead atoms. The second-order valence-corrected chi connectivity index (χ2v) is 13.0. The second kappa shape index (κ2) is 17.7. The zero-order chi connectivity index (χ0) is 32.9. The van der Waals surface area contributed by atoms with Crippen LogP contribution in [0.15, 0.2) is 42.5 Å². The molecule has 1 aliphatic carbocycles. The van der Waals surface area contributed by atoms with E-state index in [0.717, 1.165) is 25.7 Å². The fourth-order valence-corrected chi connectivity index (χ4v) is 5.97. The molecule has 0 radical (unpaired) electrons. The lowest BCUT2D eigenvalue weighted by Crippen LogP contribution is -2.50. The van der Waals surface area contributed by atoms with Crippen molar-refractivity contribution >= 4 is 17.7 Å². The van der Waals surface area contributed by atoms with E-state index in [4.69, 9.17) is 0 Å². The van der Waals surface area contributed by atoms with E-state index in [1.807, 2.05) is 32.9 Å². The highest BCUT2D eigenvalue weighted by Gasteiger charge is 2.25. The molecule has 8 nitrogen and oxygen atoms in total. The third-order valence-corrected chi connectivity index (χ3v) is 9.07. The molecule has 1 saturated carbocycles. The van der Waals surface area contributed by atoms with Gasteiger partial charge in [-0.2, -0.15) is 5.26 Å². The molecule has 0 heterocycles. The first-order valence-electron chi connectivity index (χ1n) is 16.8. The number of nitrogens with one attached hydrogen (secondary N) is 3. The highest BCUT2D eigenvalue weighted by Crippen LogP contribution is 2.29. The first-order valence-corrected chi connectivity index (χ1v) is 16.8. The molecule has 0 saturated heterocycles. The van der Waals surface area contributed by atoms with Crippen LogP contribution in [0.5, 0.6) is 0 Å². The standard InChI is InChI=1S/C37H53N5O3/c1-7-26(5)42(6)37(45)31-20-29(33-17-13-12-16-28(33)22-38)19-30(21-31)35(43)41-32(18-27-14-10-9-11-15-27)24-39-34(8-2)36(44)40-23-25(3)4/h12-13,16-17,19-21,25-27,32,34,39H,7-11,14-15,18,23-24H2,1-6H3,(H,40,44)(H,41,43)/t26?,32-,34-/m0/s1. The van der Waals surface area contributed by atoms with E-state index in [1.165, 1.54) is 19.3 Å². The summed E-state index contributed by atoms with van der Waals surface area (Å²) in [4.78, 5) is 42.1. The molecule has 8 heteroatoms. The smallest absolute Gasteiger partial charge is 0.253 e. The van der Waals surface area contributed by atoms with Crippen LogP contribution in [0.2, 0.25) is 0 Å². The highest BCUT2D eigenvalue weighted by atomic mass is 16.2. The number of carbonyl (C=O) groups excluding carboxylic acids is 3. The predicted molar refractivity (Wildman–Crippen MR) is 181 cm³/mol. The monoisotopic (exact) mass is 615 g/mol. The van der Waals surface area contributed by atoms with E-state index in [1.54, 1.807) is 42.3 Å². The summed E-state index contributed by atoms with van der Waals surface area (Å²) in [5.74, 6) is 0.407. The van der Waals surface area contributed by atoms with Crippen molar-refractivity contribution in [2.24, 2.45) is 11.8 Å². The van der Waals surface area contributed by atoms with Gasteiger partial charge in [0.25, 0.3) is 11.8 Å². The molecule has 1 unspecified atom stereocenters. The van der Waals surface area contributed by atoms with Crippen LogP contribution in [-0.4, -0.2) is 60.9 Å². The Balaban J connectivity index is 1.92. The SMILES string of the molecule is CCC(C)N(C)C(=O)c1cc(C(=O)N[C@H](CN[C@@H](CC)C(=O)NCC(C)C)CC2CCCCC2)cc(-c2ccccc2C#N)c1. The molecule has 0 aliphatic heterocycles. The van der Waals surface area contributed by atoms with Gasteiger partial charge in [-0.25, -0.2) is 0 Å². The summed E-state index contributed by atoms with van der Waals surface area (Å²) in [5.41, 5.74) is 2.58. The largest absolute Gasteiger partial charge is 0.354 e. The topological polar surface area (TPSA) is 114 Å². The fraction of sp³-hybridized carbons (Fsp3) is 0.568. The maximum Gasteiger partial charge on any atom is 0.253 e. The number of rotatable bonds is 15. The summed E-state index contributed by atoms with van der Waals surface area (Å²) >= 11 is 0. The molecular formula is C37H53N5O3. The summed E-state index contributed by atoms with van der Waals surface area (Å²) in [6.07, 6.45) is 8.19. The first kappa shape index (κ1) is 35.8. The van der Waals surface area contributed by atoms with Crippen LogP contribution in [0, 0.1) is 23.2 Å². The zero-order valence-electron chi connectivity index (χ0n) is 28.1. The number of hydrogen-bond donors (Lipinski definition) is 3. The predicted octanol–water partition coefficient (Wildman–Crippen LogP) is 6.30. The fourth-order valence-electron chi connectivity index (χ4n) is 5.97. The van der Waals surface area contributed by atoms with E-state index in [-0.39, 0.29) is 35.8 Å². The minimum absolute atomic E-state index is 0.0219. The Labute approximate surface area is 270 Å². The molecule has 0 aromatic heterocycles. The number of nitriles is 1. The highest BCUT2D eigenvalue weighted by molar-refractivity contribution is 6.02. The van der Waals surface area contributed by atoms with Crippen LogP contribution in [0.25, 0.3) is 11.1 Å². The third kappa shape index (κ3) is 10.4. The van der Waals surface area contributed by atoms with Crippen molar-refractivity contribution in [3.8, 4) is 17.2 Å². The van der Waals surface area contributed by atoms with E-state index < -0.39 is 0 Å². The van der Waals surface area contributed by atoms with Crippen molar-refractivity contribution in [3.63, 3.8) is 0 Å². The average molecular weight is 616 g/mol. The summed E-state index contributed by atoms with van der Waals surface area (Å²) in [6.45, 7) is 11.2. The van der Waals surface area contributed by atoms with Gasteiger partial charge in [-0.15, -0.1) is 0 Å². The Morgan fingerprint density at radius 3 is 2.29 bits per heavy atom. The van der Waals surface area contributed by atoms with Gasteiger partial charge < -0.3 is 20.9 Å². The molecule has 1 fully saturated rings. The van der Waals surface area contributed by atoms with Crippen LogP contribution in [0.1, 0.15) is 112 Å².